The molecule has 3 N–H and O–H groups in total. The molecule has 10 heteroatoms. The van der Waals surface area contributed by atoms with Crippen molar-refractivity contribution in [3.8, 4) is 0 Å². The first kappa shape index (κ1) is 61.2. The second-order valence-electron chi connectivity index (χ2n) is 17.7. The van der Waals surface area contributed by atoms with E-state index < -0.39 is 26.5 Å². The summed E-state index contributed by atoms with van der Waals surface area (Å²) < 4.78 is 33.0. The summed E-state index contributed by atoms with van der Waals surface area (Å²) in [6, 6.07) is 0. The van der Waals surface area contributed by atoms with Gasteiger partial charge in [-0.1, -0.05) is 211 Å². The maximum atomic E-state index is 12.7. The first-order valence-corrected chi connectivity index (χ1v) is 28.0. The predicted molar refractivity (Wildman–Crippen MR) is 266 cm³/mol. The zero-order valence-electron chi connectivity index (χ0n) is 41.1. The third kappa shape index (κ3) is 49.5. The maximum Gasteiger partial charge on any atom is 0.472 e. The number of carbonyl (C=O) groups is 2. The van der Waals surface area contributed by atoms with Gasteiger partial charge in [0.1, 0.15) is 6.61 Å². The number of ether oxygens (including phenoxy) is 2. The van der Waals surface area contributed by atoms with Crippen molar-refractivity contribution in [2.75, 3.05) is 26.4 Å². The molecule has 63 heavy (non-hydrogen) atoms. The molecule has 0 aromatic rings. The molecule has 0 aliphatic rings. The minimum Gasteiger partial charge on any atom is -0.462 e. The van der Waals surface area contributed by atoms with E-state index in [0.29, 0.717) is 6.42 Å². The van der Waals surface area contributed by atoms with Gasteiger partial charge in [-0.25, -0.2) is 4.57 Å². The SMILES string of the molecule is CCCCC/C=C\C/C=C\CCCCCCCCCCCC(=O)OC(COC(=O)CCCCCCCCCCCCC/C=C\CCCCCCCCCC)COP(=O)(O)OCCN. The standard InChI is InChI=1S/C53H100NO8P/c1-3-5-7-9-11-13-15-17-19-21-23-24-25-26-28-29-31-33-35-37-39-41-43-45-52(55)59-49-51(50-61-63(57,58)60-48-47-54)62-53(56)46-44-42-40-38-36-34-32-30-27-22-20-18-16-14-12-10-8-6-4-2/h12,14,18,20-21,23,51H,3-11,13,15-17,19,22,24-50,54H2,1-2H3,(H,57,58)/b14-12-,20-18-,23-21-. The van der Waals surface area contributed by atoms with Crippen LogP contribution < -0.4 is 5.73 Å². The molecule has 2 atom stereocenters. The Bertz CT molecular complexity index is 1130. The predicted octanol–water partition coefficient (Wildman–Crippen LogP) is 16.1. The number of esters is 2. The van der Waals surface area contributed by atoms with Gasteiger partial charge in [0.25, 0.3) is 0 Å². The summed E-state index contributed by atoms with van der Waals surface area (Å²) in [5, 5.41) is 0. The van der Waals surface area contributed by atoms with E-state index in [-0.39, 0.29) is 38.6 Å². The fourth-order valence-electron chi connectivity index (χ4n) is 7.54. The summed E-state index contributed by atoms with van der Waals surface area (Å²) in [5.41, 5.74) is 5.37. The summed E-state index contributed by atoms with van der Waals surface area (Å²) in [4.78, 5) is 35.1. The molecule has 0 rings (SSSR count). The monoisotopic (exact) mass is 910 g/mol. The second kappa shape index (κ2) is 49.7. The molecule has 0 fully saturated rings. The summed E-state index contributed by atoms with van der Waals surface area (Å²) in [6.07, 6.45) is 57.5. The molecule has 0 aliphatic heterocycles. The van der Waals surface area contributed by atoms with Crippen LogP contribution in [0.1, 0.15) is 258 Å². The van der Waals surface area contributed by atoms with Crippen LogP contribution >= 0.6 is 7.82 Å². The molecule has 0 spiro atoms. The lowest BCUT2D eigenvalue weighted by Crippen LogP contribution is -2.29. The van der Waals surface area contributed by atoms with Crippen LogP contribution in [0.4, 0.5) is 0 Å². The Kier molecular flexibility index (Phi) is 48.3. The summed E-state index contributed by atoms with van der Waals surface area (Å²) in [6.45, 7) is 3.74. The van der Waals surface area contributed by atoms with E-state index >= 15 is 0 Å². The normalized spacial score (nSPS) is 13.4. The molecule has 0 bridgehead atoms. The van der Waals surface area contributed by atoms with Crippen LogP contribution in [0, 0.1) is 0 Å². The topological polar surface area (TPSA) is 134 Å². The average molecular weight is 910 g/mol. The van der Waals surface area contributed by atoms with E-state index in [1.54, 1.807) is 0 Å². The highest BCUT2D eigenvalue weighted by atomic mass is 31.2. The Morgan fingerprint density at radius 3 is 1.25 bits per heavy atom. The van der Waals surface area contributed by atoms with Crippen LogP contribution in [-0.4, -0.2) is 49.3 Å². The smallest absolute Gasteiger partial charge is 0.462 e. The average Bonchev–Trinajstić information content (AvgIpc) is 3.27. The van der Waals surface area contributed by atoms with Crippen LogP contribution in [0.2, 0.25) is 0 Å². The fraction of sp³-hybridized carbons (Fsp3) is 0.849. The number of hydrogen-bond donors (Lipinski definition) is 2. The van der Waals surface area contributed by atoms with Crippen molar-refractivity contribution in [1.82, 2.24) is 0 Å². The molecule has 2 unspecified atom stereocenters. The van der Waals surface area contributed by atoms with Crippen molar-refractivity contribution in [3.63, 3.8) is 0 Å². The van der Waals surface area contributed by atoms with E-state index in [0.717, 1.165) is 51.4 Å². The van der Waals surface area contributed by atoms with Gasteiger partial charge in [0.2, 0.25) is 0 Å². The van der Waals surface area contributed by atoms with E-state index in [4.69, 9.17) is 24.3 Å². The fourth-order valence-corrected chi connectivity index (χ4v) is 8.31. The molecule has 0 radical (unpaired) electrons. The summed E-state index contributed by atoms with van der Waals surface area (Å²) in [5.74, 6) is -0.825. The number of allylic oxidation sites excluding steroid dienone is 6. The van der Waals surface area contributed by atoms with Gasteiger partial charge in [0.05, 0.1) is 13.2 Å². The quantitative estimate of drug-likeness (QED) is 0.0265. The van der Waals surface area contributed by atoms with Crippen molar-refractivity contribution in [3.05, 3.63) is 36.5 Å². The lowest BCUT2D eigenvalue weighted by Gasteiger charge is -2.19. The lowest BCUT2D eigenvalue weighted by atomic mass is 10.0. The van der Waals surface area contributed by atoms with E-state index in [1.165, 1.54) is 173 Å². The van der Waals surface area contributed by atoms with Crippen molar-refractivity contribution < 1.29 is 37.6 Å². The number of nitrogens with two attached hydrogens (primary N) is 1. The zero-order chi connectivity index (χ0) is 46.0. The van der Waals surface area contributed by atoms with Gasteiger partial charge in [-0.2, -0.15) is 0 Å². The zero-order valence-corrected chi connectivity index (χ0v) is 42.0. The van der Waals surface area contributed by atoms with Crippen molar-refractivity contribution in [2.24, 2.45) is 5.73 Å². The van der Waals surface area contributed by atoms with Gasteiger partial charge in [0, 0.05) is 19.4 Å². The van der Waals surface area contributed by atoms with Gasteiger partial charge >= 0.3 is 19.8 Å². The molecular weight excluding hydrogens is 810 g/mol. The van der Waals surface area contributed by atoms with Crippen LogP contribution in [0.25, 0.3) is 0 Å². The van der Waals surface area contributed by atoms with Crippen LogP contribution in [0.5, 0.6) is 0 Å². The summed E-state index contributed by atoms with van der Waals surface area (Å²) >= 11 is 0. The van der Waals surface area contributed by atoms with E-state index in [9.17, 15) is 19.0 Å². The number of carbonyl (C=O) groups excluding carboxylic acids is 2. The molecule has 0 aliphatic carbocycles. The van der Waals surface area contributed by atoms with Crippen LogP contribution in [-0.2, 0) is 32.7 Å². The summed E-state index contributed by atoms with van der Waals surface area (Å²) in [7, 11) is -4.38. The molecular formula is C53H100NO8P. The van der Waals surface area contributed by atoms with Crippen molar-refractivity contribution in [1.29, 1.82) is 0 Å². The molecule has 0 aromatic carbocycles. The number of phosphoric ester groups is 1. The third-order valence-corrected chi connectivity index (χ3v) is 12.5. The molecule has 0 heterocycles. The van der Waals surface area contributed by atoms with Gasteiger partial charge in [0.15, 0.2) is 6.10 Å². The molecule has 0 aromatic heterocycles. The Morgan fingerprint density at radius 2 is 0.825 bits per heavy atom. The highest BCUT2D eigenvalue weighted by Crippen LogP contribution is 2.43. The molecule has 9 nitrogen and oxygen atoms in total. The largest absolute Gasteiger partial charge is 0.472 e. The van der Waals surface area contributed by atoms with Gasteiger partial charge in [-0.05, 0) is 70.6 Å². The molecule has 370 valence electrons. The number of unbranched alkanes of at least 4 members (excludes halogenated alkanes) is 31. The molecule has 0 saturated carbocycles. The highest BCUT2D eigenvalue weighted by Gasteiger charge is 2.26. The minimum absolute atomic E-state index is 0.0530. The minimum atomic E-state index is -4.38. The van der Waals surface area contributed by atoms with Gasteiger partial charge < -0.3 is 20.1 Å². The van der Waals surface area contributed by atoms with Gasteiger partial charge in [-0.3, -0.25) is 18.6 Å². The first-order valence-electron chi connectivity index (χ1n) is 26.5. The molecule has 0 saturated heterocycles. The second-order valence-corrected chi connectivity index (χ2v) is 19.2. The lowest BCUT2D eigenvalue weighted by molar-refractivity contribution is -0.161. The van der Waals surface area contributed by atoms with E-state index in [2.05, 4.69) is 50.3 Å². The Balaban J connectivity index is 4.01. The van der Waals surface area contributed by atoms with E-state index in [1.807, 2.05) is 0 Å². The Morgan fingerprint density at radius 1 is 0.476 bits per heavy atom. The third-order valence-electron chi connectivity index (χ3n) is 11.5. The van der Waals surface area contributed by atoms with Crippen molar-refractivity contribution in [2.45, 2.75) is 264 Å². The van der Waals surface area contributed by atoms with Crippen LogP contribution in [0.15, 0.2) is 36.5 Å². The van der Waals surface area contributed by atoms with Crippen molar-refractivity contribution >= 4 is 19.8 Å². The van der Waals surface area contributed by atoms with Crippen LogP contribution in [0.3, 0.4) is 0 Å². The number of rotatable bonds is 50. The number of phosphoric acid groups is 1. The highest BCUT2D eigenvalue weighted by molar-refractivity contribution is 7.47. The van der Waals surface area contributed by atoms with Gasteiger partial charge in [-0.15, -0.1) is 0 Å². The Hall–Kier alpha value is -1.77. The Labute approximate surface area is 388 Å². The molecule has 0 amide bonds. The maximum absolute atomic E-state index is 12.7. The first-order chi connectivity index (χ1) is 30.8. The number of hydrogen-bond acceptors (Lipinski definition) is 8.